The van der Waals surface area contributed by atoms with E-state index in [1.165, 1.54) is 22.7 Å². The molecule has 4 N–H and O–H groups in total. The van der Waals surface area contributed by atoms with Gasteiger partial charge in [-0.3, -0.25) is 9.59 Å². The first-order valence-electron chi connectivity index (χ1n) is 14.8. The van der Waals surface area contributed by atoms with Gasteiger partial charge in [-0.2, -0.15) is 9.29 Å². The lowest BCUT2D eigenvalue weighted by Crippen LogP contribution is -2.38. The van der Waals surface area contributed by atoms with Crippen LogP contribution in [0.4, 0.5) is 0 Å². The molecule has 7 aromatic rings. The first-order chi connectivity index (χ1) is 21.7. The van der Waals surface area contributed by atoms with Gasteiger partial charge in [-0.15, -0.1) is 22.7 Å². The second kappa shape index (κ2) is 10.6. The third kappa shape index (κ3) is 4.85. The maximum Gasteiger partial charge on any atom is 0.190 e. The van der Waals surface area contributed by atoms with Gasteiger partial charge in [-0.25, -0.2) is 10.4 Å². The van der Waals surface area contributed by atoms with Crippen LogP contribution in [0.5, 0.6) is 11.5 Å². The van der Waals surface area contributed by atoms with Crippen LogP contribution in [0.15, 0.2) is 70.3 Å². The Morgan fingerprint density at radius 2 is 0.957 bits per heavy atom. The van der Waals surface area contributed by atoms with Crippen molar-refractivity contribution in [3.63, 3.8) is 0 Å². The maximum atomic E-state index is 13.3. The Kier molecular flexibility index (Phi) is 7.01. The molecule has 12 heteroatoms. The Morgan fingerprint density at radius 1 is 0.587 bits per heavy atom. The van der Waals surface area contributed by atoms with Crippen molar-refractivity contribution >= 4 is 85.1 Å². The molecule has 0 saturated carbocycles. The number of phenols is 2. The van der Waals surface area contributed by atoms with Gasteiger partial charge in [-0.05, 0) is 36.4 Å². The zero-order valence-electron chi connectivity index (χ0n) is 25.8. The van der Waals surface area contributed by atoms with Gasteiger partial charge in [0.25, 0.3) is 0 Å². The Bertz CT molecular complexity index is 2360. The molecule has 0 unspecified atom stereocenters. The van der Waals surface area contributed by atoms with Crippen LogP contribution in [-0.4, -0.2) is 80.3 Å². The molecule has 0 bridgehead atoms. The molecular weight excluding hydrogens is 625 g/mol. The fourth-order valence-corrected chi connectivity index (χ4v) is 8.82. The summed E-state index contributed by atoms with van der Waals surface area (Å²) < 4.78 is 6.99. The largest absolute Gasteiger partial charge is 0.506 e. The van der Waals surface area contributed by atoms with E-state index in [1.807, 2.05) is 57.7 Å². The second-order valence-electron chi connectivity index (χ2n) is 12.7. The summed E-state index contributed by atoms with van der Waals surface area (Å²) in [6.07, 6.45) is 0. The molecule has 10 nitrogen and oxygen atoms in total. The van der Waals surface area contributed by atoms with Crippen LogP contribution >= 0.6 is 22.7 Å². The topological polar surface area (TPSA) is 125 Å². The highest BCUT2D eigenvalue weighted by molar-refractivity contribution is 7.32. The smallest absolute Gasteiger partial charge is 0.190 e. The minimum Gasteiger partial charge on any atom is -0.506 e. The van der Waals surface area contributed by atoms with E-state index in [0.717, 1.165) is 42.0 Å². The number of hydroxylamine groups is 6. The molecule has 0 aliphatic heterocycles. The van der Waals surface area contributed by atoms with Crippen molar-refractivity contribution in [2.75, 3.05) is 41.3 Å². The number of hydrogen-bond acceptors (Lipinski definition) is 8. The predicted octanol–water partition coefficient (Wildman–Crippen LogP) is 5.96. The van der Waals surface area contributed by atoms with Gasteiger partial charge in [0.1, 0.15) is 24.6 Å². The number of aromatic hydroxyl groups is 2. The summed E-state index contributed by atoms with van der Waals surface area (Å²) in [5.41, 5.74) is 1.73. The van der Waals surface area contributed by atoms with E-state index in [9.17, 15) is 30.2 Å². The molecule has 7 rings (SSSR count). The van der Waals surface area contributed by atoms with Crippen LogP contribution in [0.1, 0.15) is 0 Å². The number of aromatic nitrogens is 2. The number of para-hydroxylation sites is 2. The maximum absolute atomic E-state index is 13.3. The van der Waals surface area contributed by atoms with Crippen LogP contribution in [-0.2, 0) is 13.1 Å². The Hall–Kier alpha value is -4.30. The highest BCUT2D eigenvalue weighted by atomic mass is 32.1. The van der Waals surface area contributed by atoms with Crippen LogP contribution in [0.25, 0.3) is 62.4 Å². The fourth-order valence-electron chi connectivity index (χ4n) is 6.28. The first-order valence-corrected chi connectivity index (χ1v) is 16.5. The van der Waals surface area contributed by atoms with Crippen molar-refractivity contribution in [1.29, 1.82) is 0 Å². The Labute approximate surface area is 270 Å². The van der Waals surface area contributed by atoms with Crippen molar-refractivity contribution < 1.29 is 29.9 Å². The van der Waals surface area contributed by atoms with E-state index in [1.54, 1.807) is 28.2 Å². The summed E-state index contributed by atoms with van der Waals surface area (Å²) in [7, 11) is 6.72. The van der Waals surface area contributed by atoms with Gasteiger partial charge < -0.3 is 19.3 Å². The molecule has 0 aliphatic rings. The van der Waals surface area contributed by atoms with Crippen molar-refractivity contribution in [3.05, 3.63) is 81.1 Å². The molecule has 0 atom stereocenters. The van der Waals surface area contributed by atoms with Gasteiger partial charge >= 0.3 is 0 Å². The zero-order chi connectivity index (χ0) is 32.7. The van der Waals surface area contributed by atoms with E-state index in [-0.39, 0.29) is 42.3 Å². The monoisotopic (exact) mass is 658 g/mol. The van der Waals surface area contributed by atoms with Crippen molar-refractivity contribution in [3.8, 4) is 11.5 Å². The van der Waals surface area contributed by atoms with Crippen LogP contribution in [0.3, 0.4) is 0 Å². The highest BCUT2D eigenvalue weighted by Crippen LogP contribution is 2.50. The molecule has 0 amide bonds. The highest BCUT2D eigenvalue weighted by Gasteiger charge is 2.28. The van der Waals surface area contributed by atoms with E-state index >= 15 is 0 Å². The summed E-state index contributed by atoms with van der Waals surface area (Å²) in [6, 6.07) is 18.0. The zero-order valence-corrected chi connectivity index (χ0v) is 27.4. The number of likely N-dealkylation sites (N-methyl/N-ethyl adjacent to an activating group) is 2. The number of hydrogen-bond donors (Lipinski definition) is 4. The molecule has 0 radical (unpaired) electrons. The lowest BCUT2D eigenvalue weighted by molar-refractivity contribution is -1.07. The van der Waals surface area contributed by atoms with Gasteiger partial charge in [0, 0.05) is 0 Å². The van der Waals surface area contributed by atoms with E-state index in [0.29, 0.717) is 37.2 Å². The van der Waals surface area contributed by atoms with Crippen LogP contribution in [0.2, 0.25) is 0 Å². The molecule has 2 aromatic heterocycles. The molecule has 46 heavy (non-hydrogen) atoms. The molecule has 0 spiro atoms. The van der Waals surface area contributed by atoms with Crippen molar-refractivity contribution in [1.82, 2.24) is 9.13 Å². The standard InChI is InChI=1S/C34H32N4O6S2/c1-37(2,43)17-15-35-19-9-5-7-11-23(19)45-33-29(35)27-28(32(42)26-22(40)14-13-21(39)25(26)31(27)41)30-34(33)46-24-12-8-6-10-20(24)36(30)16-18-38(3,4)44/h5-14,43-44H,15-18H2,1-4H3/p+2. The molecular formula is C34H34N4O6S2+2. The number of phenolic OH excluding ortho intramolecular Hbond substituents is 2. The summed E-state index contributed by atoms with van der Waals surface area (Å²) >= 11 is 3.07. The third-order valence-electron chi connectivity index (χ3n) is 8.45. The van der Waals surface area contributed by atoms with E-state index < -0.39 is 10.9 Å². The molecule has 236 valence electrons. The number of rotatable bonds is 6. The molecule has 0 aliphatic carbocycles. The fraction of sp³-hybridized carbons (Fsp3) is 0.235. The molecule has 5 aromatic carbocycles. The summed E-state index contributed by atoms with van der Waals surface area (Å²) in [5, 5.41) is 45.7. The second-order valence-corrected chi connectivity index (χ2v) is 14.9. The quantitative estimate of drug-likeness (QED) is 0.0575. The van der Waals surface area contributed by atoms with Crippen LogP contribution < -0.4 is 10.9 Å². The first kappa shape index (κ1) is 30.4. The Morgan fingerprint density at radius 3 is 1.33 bits per heavy atom. The summed E-state index contributed by atoms with van der Waals surface area (Å²) in [5.74, 6) is -0.760. The predicted molar refractivity (Wildman–Crippen MR) is 185 cm³/mol. The van der Waals surface area contributed by atoms with Crippen LogP contribution in [0, 0.1) is 0 Å². The molecule has 2 heterocycles. The SMILES string of the molecule is C[N+](C)(O)CCn1c2ccccc2sc2c3sc4ccccc4n(CC[N+](C)(C)O)c3c3c(O)c4c(=O)ccc(=O)c4c(O)c3c21. The minimum absolute atomic E-state index is 0.231. The van der Waals surface area contributed by atoms with E-state index in [2.05, 4.69) is 0 Å². The summed E-state index contributed by atoms with van der Waals surface area (Å²) in [6.45, 7) is 1.32. The number of fused-ring (bicyclic) bond motifs is 9. The van der Waals surface area contributed by atoms with Gasteiger partial charge in [0.15, 0.2) is 10.9 Å². The third-order valence-corrected chi connectivity index (χ3v) is 10.9. The minimum atomic E-state index is -0.574. The molecule has 0 saturated heterocycles. The van der Waals surface area contributed by atoms with Gasteiger partial charge in [0.2, 0.25) is 0 Å². The summed E-state index contributed by atoms with van der Waals surface area (Å²) in [4.78, 5) is 26.5. The lowest BCUT2D eigenvalue weighted by atomic mass is 9.97. The number of quaternary nitrogens is 2. The average molecular weight is 659 g/mol. The number of nitrogens with zero attached hydrogens (tertiary/aromatic N) is 4. The van der Waals surface area contributed by atoms with Crippen molar-refractivity contribution in [2.45, 2.75) is 13.1 Å². The van der Waals surface area contributed by atoms with E-state index in [4.69, 9.17) is 0 Å². The van der Waals surface area contributed by atoms with Gasteiger partial charge in [0.05, 0.1) is 104 Å². The van der Waals surface area contributed by atoms with Gasteiger partial charge in [-0.1, -0.05) is 24.3 Å². The number of benzene rings is 5. The van der Waals surface area contributed by atoms with Crippen molar-refractivity contribution in [2.24, 2.45) is 0 Å². The normalized spacial score (nSPS) is 12.8. The lowest BCUT2D eigenvalue weighted by Gasteiger charge is -2.26. The Balaban J connectivity index is 1.85. The molecule has 0 fully saturated rings. The average Bonchev–Trinajstić information content (AvgIpc) is 3.00.